The van der Waals surface area contributed by atoms with Gasteiger partial charge in [-0.05, 0) is 43.0 Å². The Morgan fingerprint density at radius 1 is 1.15 bits per heavy atom. The minimum atomic E-state index is 0.301. The van der Waals surface area contributed by atoms with Crippen molar-refractivity contribution in [2.45, 2.75) is 39.0 Å². The van der Waals surface area contributed by atoms with Gasteiger partial charge in [0.25, 0.3) is 0 Å². The number of hydrogen-bond acceptors (Lipinski definition) is 5. The molecule has 0 radical (unpaired) electrons. The first-order chi connectivity index (χ1) is 13.3. The quantitative estimate of drug-likeness (QED) is 0.629. The van der Waals surface area contributed by atoms with E-state index in [1.807, 2.05) is 18.2 Å². The molecule has 0 amide bonds. The Morgan fingerprint density at radius 2 is 2.07 bits per heavy atom. The van der Waals surface area contributed by atoms with E-state index in [1.165, 1.54) is 11.1 Å². The van der Waals surface area contributed by atoms with Crippen molar-refractivity contribution in [2.24, 2.45) is 0 Å². The van der Waals surface area contributed by atoms with Gasteiger partial charge in [-0.1, -0.05) is 29.4 Å². The van der Waals surface area contributed by atoms with Crippen LogP contribution in [0, 0.1) is 6.92 Å². The third kappa shape index (κ3) is 4.62. The maximum Gasteiger partial charge on any atom is 0.151 e. The summed E-state index contributed by atoms with van der Waals surface area (Å²) < 4.78 is 11.5. The summed E-state index contributed by atoms with van der Waals surface area (Å²) in [5.41, 5.74) is 4.44. The van der Waals surface area contributed by atoms with Crippen molar-refractivity contribution in [1.82, 2.24) is 15.0 Å². The van der Waals surface area contributed by atoms with Gasteiger partial charge in [0.1, 0.15) is 5.69 Å². The average Bonchev–Trinajstić information content (AvgIpc) is 3.36. The van der Waals surface area contributed by atoms with Gasteiger partial charge in [0.2, 0.25) is 0 Å². The highest BCUT2D eigenvalue weighted by Gasteiger charge is 2.21. The molecule has 1 saturated heterocycles. The first kappa shape index (κ1) is 17.9. The molecule has 0 bridgehead atoms. The molecule has 1 aliphatic heterocycles. The lowest BCUT2D eigenvalue weighted by Crippen LogP contribution is -2.31. The van der Waals surface area contributed by atoms with Gasteiger partial charge < -0.3 is 9.26 Å². The van der Waals surface area contributed by atoms with E-state index in [1.54, 1.807) is 12.4 Å². The second kappa shape index (κ2) is 8.46. The van der Waals surface area contributed by atoms with E-state index in [2.05, 4.69) is 46.2 Å². The smallest absolute Gasteiger partial charge is 0.151 e. The molecule has 3 aromatic rings. The van der Waals surface area contributed by atoms with Crippen molar-refractivity contribution in [3.63, 3.8) is 0 Å². The van der Waals surface area contributed by atoms with Gasteiger partial charge in [-0.2, -0.15) is 0 Å². The molecule has 140 valence electrons. The molecule has 0 spiro atoms. The van der Waals surface area contributed by atoms with Crippen LogP contribution in [-0.2, 0) is 17.8 Å². The molecule has 5 heteroatoms. The van der Waals surface area contributed by atoms with Crippen molar-refractivity contribution in [2.75, 3.05) is 13.2 Å². The zero-order valence-corrected chi connectivity index (χ0v) is 15.7. The fourth-order valence-electron chi connectivity index (χ4n) is 3.55. The number of pyridine rings is 1. The fraction of sp³-hybridized carbons (Fsp3) is 0.364. The van der Waals surface area contributed by atoms with Crippen LogP contribution in [0.4, 0.5) is 0 Å². The van der Waals surface area contributed by atoms with E-state index < -0.39 is 0 Å². The molecule has 0 N–H and O–H groups in total. The highest BCUT2D eigenvalue weighted by Crippen LogP contribution is 2.22. The van der Waals surface area contributed by atoms with Crippen LogP contribution in [0.25, 0.3) is 11.3 Å². The fourth-order valence-corrected chi connectivity index (χ4v) is 3.55. The Labute approximate surface area is 160 Å². The van der Waals surface area contributed by atoms with E-state index in [0.717, 1.165) is 49.6 Å². The van der Waals surface area contributed by atoms with Crippen LogP contribution in [0.15, 0.2) is 59.4 Å². The molecule has 2 aromatic heterocycles. The van der Waals surface area contributed by atoms with E-state index in [0.29, 0.717) is 12.6 Å². The molecule has 4 rings (SSSR count). The normalized spacial score (nSPS) is 16.9. The summed E-state index contributed by atoms with van der Waals surface area (Å²) in [6, 6.07) is 14.4. The van der Waals surface area contributed by atoms with Crippen LogP contribution in [0.3, 0.4) is 0 Å². The molecular formula is C22H25N3O2. The van der Waals surface area contributed by atoms with Crippen LogP contribution in [0.1, 0.15) is 29.7 Å². The summed E-state index contributed by atoms with van der Waals surface area (Å²) in [7, 11) is 0. The lowest BCUT2D eigenvalue weighted by Gasteiger charge is -2.24. The van der Waals surface area contributed by atoms with Crippen molar-refractivity contribution in [3.8, 4) is 11.3 Å². The zero-order valence-electron chi connectivity index (χ0n) is 15.7. The molecule has 3 heterocycles. The summed E-state index contributed by atoms with van der Waals surface area (Å²) in [6.45, 7) is 5.51. The van der Waals surface area contributed by atoms with Crippen molar-refractivity contribution in [3.05, 3.63) is 71.7 Å². The highest BCUT2D eigenvalue weighted by atomic mass is 16.5. The lowest BCUT2D eigenvalue weighted by molar-refractivity contribution is 0.0646. The SMILES string of the molecule is Cc1ccccc1CN(Cc1cc(-c2cccnc2)no1)CC1CCCO1. The zero-order chi connectivity index (χ0) is 18.5. The largest absolute Gasteiger partial charge is 0.377 e. The van der Waals surface area contributed by atoms with Crippen LogP contribution >= 0.6 is 0 Å². The summed E-state index contributed by atoms with van der Waals surface area (Å²) in [6.07, 6.45) is 6.14. The number of nitrogens with zero attached hydrogens (tertiary/aromatic N) is 3. The van der Waals surface area contributed by atoms with E-state index in [-0.39, 0.29) is 0 Å². The predicted molar refractivity (Wildman–Crippen MR) is 104 cm³/mol. The van der Waals surface area contributed by atoms with E-state index in [9.17, 15) is 0 Å². The Morgan fingerprint density at radius 3 is 2.85 bits per heavy atom. The number of hydrogen-bond donors (Lipinski definition) is 0. The van der Waals surface area contributed by atoms with Gasteiger partial charge >= 0.3 is 0 Å². The van der Waals surface area contributed by atoms with Crippen molar-refractivity contribution in [1.29, 1.82) is 0 Å². The first-order valence-electron chi connectivity index (χ1n) is 9.52. The third-order valence-corrected chi connectivity index (χ3v) is 5.04. The first-order valence-corrected chi connectivity index (χ1v) is 9.52. The minimum absolute atomic E-state index is 0.301. The van der Waals surface area contributed by atoms with Crippen LogP contribution in [0.2, 0.25) is 0 Å². The second-order valence-electron chi connectivity index (χ2n) is 7.15. The lowest BCUT2D eigenvalue weighted by atomic mass is 10.1. The summed E-state index contributed by atoms with van der Waals surface area (Å²) in [4.78, 5) is 6.55. The van der Waals surface area contributed by atoms with Gasteiger partial charge in [-0.3, -0.25) is 9.88 Å². The molecule has 1 aromatic carbocycles. The highest BCUT2D eigenvalue weighted by molar-refractivity contribution is 5.57. The van der Waals surface area contributed by atoms with Gasteiger partial charge in [-0.25, -0.2) is 0 Å². The number of benzene rings is 1. The molecule has 5 nitrogen and oxygen atoms in total. The average molecular weight is 363 g/mol. The molecule has 1 unspecified atom stereocenters. The maximum absolute atomic E-state index is 5.87. The summed E-state index contributed by atoms with van der Waals surface area (Å²) in [5.74, 6) is 0.862. The van der Waals surface area contributed by atoms with Gasteiger partial charge in [-0.15, -0.1) is 0 Å². The Balaban J connectivity index is 1.50. The van der Waals surface area contributed by atoms with Crippen LogP contribution in [0.5, 0.6) is 0 Å². The monoisotopic (exact) mass is 363 g/mol. The molecule has 1 atom stereocenters. The van der Waals surface area contributed by atoms with Crippen LogP contribution in [-0.4, -0.2) is 34.3 Å². The molecule has 1 fully saturated rings. The number of aromatic nitrogens is 2. The number of rotatable bonds is 7. The second-order valence-corrected chi connectivity index (χ2v) is 7.15. The van der Waals surface area contributed by atoms with Gasteiger partial charge in [0.15, 0.2) is 5.76 Å². The predicted octanol–water partition coefficient (Wildman–Crippen LogP) is 4.23. The van der Waals surface area contributed by atoms with Crippen molar-refractivity contribution >= 4 is 0 Å². The van der Waals surface area contributed by atoms with E-state index in [4.69, 9.17) is 9.26 Å². The van der Waals surface area contributed by atoms with Gasteiger partial charge in [0.05, 0.1) is 12.6 Å². The minimum Gasteiger partial charge on any atom is -0.377 e. The van der Waals surface area contributed by atoms with Crippen molar-refractivity contribution < 1.29 is 9.26 Å². The number of ether oxygens (including phenoxy) is 1. The summed E-state index contributed by atoms with van der Waals surface area (Å²) >= 11 is 0. The molecule has 0 saturated carbocycles. The Kier molecular flexibility index (Phi) is 5.61. The third-order valence-electron chi connectivity index (χ3n) is 5.04. The summed E-state index contributed by atoms with van der Waals surface area (Å²) in [5, 5.41) is 4.22. The maximum atomic E-state index is 5.87. The van der Waals surface area contributed by atoms with Gasteiger partial charge in [0, 0.05) is 43.7 Å². The Hall–Kier alpha value is -2.50. The number of aryl methyl sites for hydroxylation is 1. The topological polar surface area (TPSA) is 51.4 Å². The Bertz CT molecular complexity index is 857. The van der Waals surface area contributed by atoms with Crippen LogP contribution < -0.4 is 0 Å². The molecular weight excluding hydrogens is 338 g/mol. The van der Waals surface area contributed by atoms with E-state index >= 15 is 0 Å². The standard InChI is InChI=1S/C22H25N3O2/c1-17-6-2-3-7-19(17)14-25(15-20-9-5-11-26-20)16-21-12-22(24-27-21)18-8-4-10-23-13-18/h2-4,6-8,10,12-13,20H,5,9,11,14-16H2,1H3. The molecule has 0 aliphatic carbocycles. The molecule has 27 heavy (non-hydrogen) atoms. The molecule has 1 aliphatic rings.